The van der Waals surface area contributed by atoms with Gasteiger partial charge >= 0.3 is 0 Å². The molecule has 1 aliphatic rings. The van der Waals surface area contributed by atoms with Gasteiger partial charge in [-0.05, 0) is 19.0 Å². The molecule has 0 radical (unpaired) electrons. The zero-order valence-corrected chi connectivity index (χ0v) is 12.5. The number of nitro groups is 1. The fourth-order valence-electron chi connectivity index (χ4n) is 2.40. The van der Waals surface area contributed by atoms with Gasteiger partial charge in [0.1, 0.15) is 16.9 Å². The van der Waals surface area contributed by atoms with Gasteiger partial charge in [-0.1, -0.05) is 18.5 Å². The molecule has 0 aromatic carbocycles. The molecule has 2 rings (SSSR count). The van der Waals surface area contributed by atoms with E-state index in [2.05, 4.69) is 16.8 Å². The normalized spacial score (nSPS) is 16.0. The summed E-state index contributed by atoms with van der Waals surface area (Å²) in [5.74, 6) is -0.359. The standard InChI is InChI=1S/C13H17ClN4O3/c1-2-3-16-4-6-17(7-5-16)13(19)10-8-12(14)15-9-11(10)18(20)21/h8-9H,2-7H2,1H3. The highest BCUT2D eigenvalue weighted by atomic mass is 35.5. The summed E-state index contributed by atoms with van der Waals surface area (Å²) in [7, 11) is 0. The van der Waals surface area contributed by atoms with E-state index in [4.69, 9.17) is 11.6 Å². The largest absolute Gasteiger partial charge is 0.336 e. The highest BCUT2D eigenvalue weighted by Gasteiger charge is 2.28. The Labute approximate surface area is 127 Å². The first kappa shape index (κ1) is 15.7. The van der Waals surface area contributed by atoms with Crippen LogP contribution in [0.4, 0.5) is 5.69 Å². The summed E-state index contributed by atoms with van der Waals surface area (Å²) in [6.45, 7) is 5.81. The highest BCUT2D eigenvalue weighted by Crippen LogP contribution is 2.22. The zero-order chi connectivity index (χ0) is 15.4. The lowest BCUT2D eigenvalue weighted by atomic mass is 10.2. The van der Waals surface area contributed by atoms with Gasteiger partial charge in [-0.2, -0.15) is 0 Å². The van der Waals surface area contributed by atoms with Crippen LogP contribution in [-0.2, 0) is 0 Å². The summed E-state index contributed by atoms with van der Waals surface area (Å²) in [6, 6.07) is 1.26. The quantitative estimate of drug-likeness (QED) is 0.481. The minimum absolute atomic E-state index is 0.00365. The first-order valence-corrected chi connectivity index (χ1v) is 7.22. The fourth-order valence-corrected chi connectivity index (χ4v) is 2.56. The summed E-state index contributed by atoms with van der Waals surface area (Å²) in [5.41, 5.74) is -0.302. The molecule has 1 aliphatic heterocycles. The smallest absolute Gasteiger partial charge is 0.300 e. The second-order valence-electron chi connectivity index (χ2n) is 4.92. The maximum atomic E-state index is 12.5. The van der Waals surface area contributed by atoms with E-state index >= 15 is 0 Å². The topological polar surface area (TPSA) is 79.6 Å². The molecule has 8 heteroatoms. The summed E-state index contributed by atoms with van der Waals surface area (Å²) < 4.78 is 0. The van der Waals surface area contributed by atoms with Gasteiger partial charge in [0.2, 0.25) is 0 Å². The van der Waals surface area contributed by atoms with Crippen molar-refractivity contribution in [1.29, 1.82) is 0 Å². The molecule has 0 spiro atoms. The molecule has 1 fully saturated rings. The van der Waals surface area contributed by atoms with Gasteiger partial charge < -0.3 is 4.90 Å². The lowest BCUT2D eigenvalue weighted by Gasteiger charge is -2.34. The number of pyridine rings is 1. The Hall–Kier alpha value is -1.73. The zero-order valence-electron chi connectivity index (χ0n) is 11.8. The molecule has 1 amide bonds. The predicted molar refractivity (Wildman–Crippen MR) is 78.5 cm³/mol. The van der Waals surface area contributed by atoms with E-state index in [1.807, 2.05) is 0 Å². The molecular weight excluding hydrogens is 296 g/mol. The maximum absolute atomic E-state index is 12.5. The third-order valence-corrected chi connectivity index (χ3v) is 3.68. The number of carbonyl (C=O) groups excluding carboxylic acids is 1. The average molecular weight is 313 g/mol. The lowest BCUT2D eigenvalue weighted by Crippen LogP contribution is -2.48. The Balaban J connectivity index is 2.14. The van der Waals surface area contributed by atoms with Gasteiger partial charge in [-0.25, -0.2) is 4.98 Å². The van der Waals surface area contributed by atoms with E-state index in [0.717, 1.165) is 32.3 Å². The van der Waals surface area contributed by atoms with Crippen molar-refractivity contribution in [2.75, 3.05) is 32.7 Å². The molecule has 0 bridgehead atoms. The lowest BCUT2D eigenvalue weighted by molar-refractivity contribution is -0.385. The molecule has 0 atom stereocenters. The Morgan fingerprint density at radius 2 is 2.10 bits per heavy atom. The fraction of sp³-hybridized carbons (Fsp3) is 0.538. The van der Waals surface area contributed by atoms with E-state index in [-0.39, 0.29) is 22.3 Å². The van der Waals surface area contributed by atoms with Gasteiger partial charge in [0, 0.05) is 26.2 Å². The number of aromatic nitrogens is 1. The number of halogens is 1. The van der Waals surface area contributed by atoms with E-state index in [1.165, 1.54) is 6.07 Å². The number of carbonyl (C=O) groups is 1. The van der Waals surface area contributed by atoms with Crippen molar-refractivity contribution in [1.82, 2.24) is 14.8 Å². The number of rotatable bonds is 4. The third-order valence-electron chi connectivity index (χ3n) is 3.48. The molecule has 7 nitrogen and oxygen atoms in total. The summed E-state index contributed by atoms with van der Waals surface area (Å²) in [6.07, 6.45) is 2.10. The van der Waals surface area contributed by atoms with Crippen LogP contribution >= 0.6 is 11.6 Å². The van der Waals surface area contributed by atoms with Crippen LogP contribution in [0.25, 0.3) is 0 Å². The monoisotopic (exact) mass is 312 g/mol. The molecule has 21 heavy (non-hydrogen) atoms. The average Bonchev–Trinajstić information content (AvgIpc) is 2.47. The molecular formula is C13H17ClN4O3. The van der Waals surface area contributed by atoms with Gasteiger partial charge in [0.15, 0.2) is 0 Å². The van der Waals surface area contributed by atoms with Crippen molar-refractivity contribution < 1.29 is 9.72 Å². The second-order valence-corrected chi connectivity index (χ2v) is 5.30. The Kier molecular flexibility index (Phi) is 5.08. The number of hydrogen-bond acceptors (Lipinski definition) is 5. The number of hydrogen-bond donors (Lipinski definition) is 0. The number of amides is 1. The van der Waals surface area contributed by atoms with Crippen LogP contribution in [0.1, 0.15) is 23.7 Å². The van der Waals surface area contributed by atoms with E-state index < -0.39 is 4.92 Å². The molecule has 114 valence electrons. The predicted octanol–water partition coefficient (Wildman–Crippen LogP) is 1.81. The van der Waals surface area contributed by atoms with Crippen LogP contribution < -0.4 is 0 Å². The van der Waals surface area contributed by atoms with Crippen molar-refractivity contribution in [3.05, 3.63) is 33.1 Å². The second kappa shape index (κ2) is 6.82. The van der Waals surface area contributed by atoms with Crippen LogP contribution in [0.5, 0.6) is 0 Å². The van der Waals surface area contributed by atoms with Crippen molar-refractivity contribution in [2.24, 2.45) is 0 Å². The maximum Gasteiger partial charge on any atom is 0.300 e. The molecule has 0 unspecified atom stereocenters. The minimum atomic E-state index is -0.607. The number of piperazine rings is 1. The van der Waals surface area contributed by atoms with Crippen molar-refractivity contribution in [3.63, 3.8) is 0 Å². The molecule has 2 heterocycles. The molecule has 0 N–H and O–H groups in total. The van der Waals surface area contributed by atoms with Crippen LogP contribution in [0, 0.1) is 10.1 Å². The third kappa shape index (κ3) is 3.68. The highest BCUT2D eigenvalue weighted by molar-refractivity contribution is 6.29. The van der Waals surface area contributed by atoms with E-state index in [1.54, 1.807) is 4.90 Å². The van der Waals surface area contributed by atoms with E-state index in [0.29, 0.717) is 13.1 Å². The van der Waals surface area contributed by atoms with Crippen LogP contribution in [0.2, 0.25) is 5.15 Å². The first-order chi connectivity index (χ1) is 10.0. The molecule has 1 aromatic rings. The van der Waals surface area contributed by atoms with Gasteiger partial charge in [-0.3, -0.25) is 19.8 Å². The van der Waals surface area contributed by atoms with Crippen LogP contribution in [0.3, 0.4) is 0 Å². The van der Waals surface area contributed by atoms with Gasteiger partial charge in [0.05, 0.1) is 4.92 Å². The van der Waals surface area contributed by atoms with Crippen LogP contribution in [-0.4, -0.2) is 58.3 Å². The molecule has 1 saturated heterocycles. The van der Waals surface area contributed by atoms with Crippen molar-refractivity contribution >= 4 is 23.2 Å². The minimum Gasteiger partial charge on any atom is -0.336 e. The van der Waals surface area contributed by atoms with Gasteiger partial charge in [0.25, 0.3) is 11.6 Å². The van der Waals surface area contributed by atoms with Crippen molar-refractivity contribution in [3.8, 4) is 0 Å². The molecule has 1 aromatic heterocycles. The SMILES string of the molecule is CCCN1CCN(C(=O)c2cc(Cl)ncc2[N+](=O)[O-])CC1. The molecule has 0 aliphatic carbocycles. The summed E-state index contributed by atoms with van der Waals surface area (Å²) >= 11 is 5.76. The first-order valence-electron chi connectivity index (χ1n) is 6.84. The summed E-state index contributed by atoms with van der Waals surface area (Å²) in [4.78, 5) is 30.4. The Morgan fingerprint density at radius 1 is 1.43 bits per heavy atom. The number of nitrogens with zero attached hydrogens (tertiary/aromatic N) is 4. The van der Waals surface area contributed by atoms with E-state index in [9.17, 15) is 14.9 Å². The van der Waals surface area contributed by atoms with Crippen LogP contribution in [0.15, 0.2) is 12.3 Å². The van der Waals surface area contributed by atoms with Gasteiger partial charge in [-0.15, -0.1) is 0 Å². The summed E-state index contributed by atoms with van der Waals surface area (Å²) in [5, 5.41) is 11.1. The Bertz CT molecular complexity index is 544. The molecule has 0 saturated carbocycles. The van der Waals surface area contributed by atoms with Crippen molar-refractivity contribution in [2.45, 2.75) is 13.3 Å². The Morgan fingerprint density at radius 3 is 2.67 bits per heavy atom.